The summed E-state index contributed by atoms with van der Waals surface area (Å²) in [5.74, 6) is -0.750. The third kappa shape index (κ3) is 3.48. The molecule has 0 unspecified atom stereocenters. The number of halogens is 1. The molecule has 1 fully saturated rings. The maximum absolute atomic E-state index is 12.6. The van der Waals surface area contributed by atoms with Gasteiger partial charge in [-0.2, -0.15) is 0 Å². The molecule has 1 saturated heterocycles. The fourth-order valence-electron chi connectivity index (χ4n) is 2.68. The highest BCUT2D eigenvalue weighted by atomic mass is 35.5. The van der Waals surface area contributed by atoms with Gasteiger partial charge in [-0.3, -0.25) is 19.3 Å². The van der Waals surface area contributed by atoms with Gasteiger partial charge in [0.2, 0.25) is 0 Å². The van der Waals surface area contributed by atoms with Crippen LogP contribution in [-0.4, -0.2) is 32.9 Å². The number of carbonyl (C=O) groups is 3. The average Bonchev–Trinajstić information content (AvgIpc) is 3.00. The number of rotatable bonds is 4. The van der Waals surface area contributed by atoms with E-state index in [0.29, 0.717) is 15.5 Å². The van der Waals surface area contributed by atoms with Crippen LogP contribution >= 0.6 is 23.4 Å². The van der Waals surface area contributed by atoms with Crippen LogP contribution in [0.5, 0.6) is 0 Å². The zero-order valence-corrected chi connectivity index (χ0v) is 16.1. The van der Waals surface area contributed by atoms with Crippen molar-refractivity contribution in [2.45, 2.75) is 13.8 Å². The van der Waals surface area contributed by atoms with Crippen molar-refractivity contribution in [3.8, 4) is 0 Å². The zero-order chi connectivity index (χ0) is 19.0. The number of thioether (sulfide) groups is 1. The van der Waals surface area contributed by atoms with Gasteiger partial charge in [0.1, 0.15) is 0 Å². The molecular formula is C19H17ClN2O3S. The van der Waals surface area contributed by atoms with E-state index in [4.69, 9.17) is 11.6 Å². The Bertz CT molecular complexity index is 944. The lowest BCUT2D eigenvalue weighted by molar-refractivity contribution is -0.122. The lowest BCUT2D eigenvalue weighted by Crippen LogP contribution is -2.33. The molecule has 0 atom stereocenters. The van der Waals surface area contributed by atoms with Gasteiger partial charge in [-0.25, -0.2) is 0 Å². The van der Waals surface area contributed by atoms with E-state index in [1.165, 1.54) is 0 Å². The summed E-state index contributed by atoms with van der Waals surface area (Å²) in [5, 5.41) is 0.0815. The van der Waals surface area contributed by atoms with Crippen molar-refractivity contribution < 1.29 is 14.4 Å². The number of Topliss-reactive ketones (excluding diaryl/α,β-unsaturated/α-hetero) is 1. The van der Waals surface area contributed by atoms with E-state index in [-0.39, 0.29) is 12.3 Å². The quantitative estimate of drug-likeness (QED) is 0.581. The summed E-state index contributed by atoms with van der Waals surface area (Å²) in [5.41, 5.74) is 3.36. The third-order valence-corrected chi connectivity index (χ3v) is 5.60. The Balaban J connectivity index is 1.80. The normalized spacial score (nSPS) is 16.0. The number of hydrogen-bond acceptors (Lipinski definition) is 4. The predicted octanol–water partition coefficient (Wildman–Crippen LogP) is 4.21. The molecule has 2 amide bonds. The molecule has 1 aliphatic rings. The number of imide groups is 1. The molecular weight excluding hydrogens is 372 g/mol. The second-order valence-electron chi connectivity index (χ2n) is 6.08. The lowest BCUT2D eigenvalue weighted by Gasteiger charge is -2.11. The van der Waals surface area contributed by atoms with Crippen molar-refractivity contribution in [2.24, 2.45) is 7.05 Å². The Morgan fingerprint density at radius 2 is 1.85 bits per heavy atom. The highest BCUT2D eigenvalue weighted by Gasteiger charge is 2.36. The Morgan fingerprint density at radius 1 is 1.19 bits per heavy atom. The van der Waals surface area contributed by atoms with Crippen molar-refractivity contribution in [2.75, 3.05) is 6.54 Å². The summed E-state index contributed by atoms with van der Waals surface area (Å²) in [6, 6.07) is 8.32. The van der Waals surface area contributed by atoms with Gasteiger partial charge in [-0.05, 0) is 67.6 Å². The van der Waals surface area contributed by atoms with Crippen LogP contribution in [0.1, 0.15) is 27.3 Å². The van der Waals surface area contributed by atoms with Gasteiger partial charge < -0.3 is 4.57 Å². The van der Waals surface area contributed by atoms with Crippen LogP contribution in [0.2, 0.25) is 5.02 Å². The average molecular weight is 389 g/mol. The summed E-state index contributed by atoms with van der Waals surface area (Å²) < 4.78 is 2.01. The molecule has 0 aliphatic carbocycles. The number of ketones is 1. The second-order valence-corrected chi connectivity index (χ2v) is 7.51. The number of carbonyl (C=O) groups excluding carboxylic acids is 3. The standard InChI is InChI=1S/C19H17ClN2O3S/c1-11-8-14(12(2)21(11)3)9-17-18(24)22(19(25)26-17)10-16(23)13-4-6-15(20)7-5-13/h4-9H,10H2,1-3H3/b17-9-. The summed E-state index contributed by atoms with van der Waals surface area (Å²) in [6.45, 7) is 3.64. The van der Waals surface area contributed by atoms with Crippen molar-refractivity contribution in [1.29, 1.82) is 0 Å². The first-order valence-electron chi connectivity index (χ1n) is 7.95. The summed E-state index contributed by atoms with van der Waals surface area (Å²) in [6.07, 6.45) is 1.71. The molecule has 0 bridgehead atoms. The van der Waals surface area contributed by atoms with Crippen LogP contribution < -0.4 is 0 Å². The molecule has 1 aromatic carbocycles. The molecule has 3 rings (SSSR count). The smallest absolute Gasteiger partial charge is 0.293 e. The van der Waals surface area contributed by atoms with E-state index >= 15 is 0 Å². The maximum Gasteiger partial charge on any atom is 0.293 e. The highest BCUT2D eigenvalue weighted by molar-refractivity contribution is 8.18. The van der Waals surface area contributed by atoms with Crippen LogP contribution in [0.25, 0.3) is 6.08 Å². The predicted molar refractivity (Wildman–Crippen MR) is 103 cm³/mol. The first kappa shape index (κ1) is 18.5. The Labute approximate surface area is 160 Å². The van der Waals surface area contributed by atoms with Gasteiger partial charge in [-0.1, -0.05) is 11.6 Å². The maximum atomic E-state index is 12.6. The summed E-state index contributed by atoms with van der Waals surface area (Å²) >= 11 is 6.67. The van der Waals surface area contributed by atoms with E-state index < -0.39 is 11.1 Å². The Kier molecular flexibility index (Phi) is 5.07. The van der Waals surface area contributed by atoms with Crippen LogP contribution in [0.15, 0.2) is 35.2 Å². The van der Waals surface area contributed by atoms with Crippen molar-refractivity contribution in [3.63, 3.8) is 0 Å². The Morgan fingerprint density at radius 3 is 2.42 bits per heavy atom. The van der Waals surface area contributed by atoms with E-state index in [1.807, 2.05) is 31.5 Å². The molecule has 1 aliphatic heterocycles. The van der Waals surface area contributed by atoms with Crippen molar-refractivity contribution >= 4 is 46.4 Å². The SMILES string of the molecule is Cc1cc(/C=C2\SC(=O)N(CC(=O)c3ccc(Cl)cc3)C2=O)c(C)n1C. The van der Waals surface area contributed by atoms with E-state index in [2.05, 4.69) is 0 Å². The number of benzene rings is 1. The summed E-state index contributed by atoms with van der Waals surface area (Å²) in [4.78, 5) is 38.5. The van der Waals surface area contributed by atoms with Gasteiger partial charge >= 0.3 is 0 Å². The molecule has 0 saturated carbocycles. The highest BCUT2D eigenvalue weighted by Crippen LogP contribution is 2.33. The van der Waals surface area contributed by atoms with Gasteiger partial charge in [0.25, 0.3) is 11.1 Å². The van der Waals surface area contributed by atoms with Crippen LogP contribution in [0, 0.1) is 13.8 Å². The second kappa shape index (κ2) is 7.13. The minimum Gasteiger partial charge on any atom is -0.352 e. The third-order valence-electron chi connectivity index (χ3n) is 4.44. The monoisotopic (exact) mass is 388 g/mol. The van der Waals surface area contributed by atoms with Crippen molar-refractivity contribution in [3.05, 3.63) is 62.8 Å². The van der Waals surface area contributed by atoms with E-state index in [0.717, 1.165) is 33.6 Å². The number of aromatic nitrogens is 1. The fraction of sp³-hybridized carbons (Fsp3) is 0.211. The van der Waals surface area contributed by atoms with Crippen LogP contribution in [-0.2, 0) is 11.8 Å². The first-order chi connectivity index (χ1) is 12.3. The van der Waals surface area contributed by atoms with Crippen molar-refractivity contribution in [1.82, 2.24) is 9.47 Å². The number of hydrogen-bond donors (Lipinski definition) is 0. The molecule has 0 spiro atoms. The summed E-state index contributed by atoms with van der Waals surface area (Å²) in [7, 11) is 1.94. The number of amides is 2. The molecule has 2 aromatic rings. The Hall–Kier alpha value is -2.31. The van der Waals surface area contributed by atoms with Crippen LogP contribution in [0.4, 0.5) is 4.79 Å². The molecule has 1 aromatic heterocycles. The molecule has 7 heteroatoms. The molecule has 0 N–H and O–H groups in total. The van der Waals surface area contributed by atoms with E-state index in [9.17, 15) is 14.4 Å². The largest absolute Gasteiger partial charge is 0.352 e. The fourth-order valence-corrected chi connectivity index (χ4v) is 3.63. The zero-order valence-electron chi connectivity index (χ0n) is 14.6. The first-order valence-corrected chi connectivity index (χ1v) is 9.14. The number of nitrogens with zero attached hydrogens (tertiary/aromatic N) is 2. The topological polar surface area (TPSA) is 59.4 Å². The minimum absolute atomic E-state index is 0.281. The van der Waals surface area contributed by atoms with E-state index in [1.54, 1.807) is 30.3 Å². The molecule has 134 valence electrons. The minimum atomic E-state index is -0.441. The van der Waals surface area contributed by atoms with Gasteiger partial charge in [0, 0.05) is 29.0 Å². The number of aryl methyl sites for hydroxylation is 1. The molecule has 0 radical (unpaired) electrons. The van der Waals surface area contributed by atoms with Gasteiger partial charge in [0.05, 0.1) is 11.4 Å². The molecule has 5 nitrogen and oxygen atoms in total. The lowest BCUT2D eigenvalue weighted by atomic mass is 10.1. The van der Waals surface area contributed by atoms with Crippen LogP contribution in [0.3, 0.4) is 0 Å². The van der Waals surface area contributed by atoms with Gasteiger partial charge in [0.15, 0.2) is 5.78 Å². The molecule has 26 heavy (non-hydrogen) atoms. The van der Waals surface area contributed by atoms with Gasteiger partial charge in [-0.15, -0.1) is 0 Å². The molecule has 2 heterocycles.